The summed E-state index contributed by atoms with van der Waals surface area (Å²) in [6.07, 6.45) is 0. The van der Waals surface area contributed by atoms with E-state index >= 15 is 0 Å². The number of anilines is 2. The molecule has 0 aliphatic carbocycles. The molecule has 1 unspecified atom stereocenters. The molecule has 0 saturated heterocycles. The number of para-hydroxylation sites is 1. The van der Waals surface area contributed by atoms with Gasteiger partial charge in [0.1, 0.15) is 17.4 Å². The number of hydrogen-bond donors (Lipinski definition) is 2. The maximum absolute atomic E-state index is 11.3. The number of nitrogens with one attached hydrogen (secondary N) is 2. The average Bonchev–Trinajstić information content (AvgIpc) is 2.37. The van der Waals surface area contributed by atoms with Crippen molar-refractivity contribution in [1.29, 1.82) is 0 Å². The van der Waals surface area contributed by atoms with E-state index < -0.39 is 16.9 Å². The van der Waals surface area contributed by atoms with Crippen LogP contribution in [0.25, 0.3) is 0 Å². The van der Waals surface area contributed by atoms with Gasteiger partial charge in [-0.25, -0.2) is 4.79 Å². The van der Waals surface area contributed by atoms with Crippen molar-refractivity contribution in [2.45, 2.75) is 19.9 Å². The quantitative estimate of drug-likeness (QED) is 0.465. The van der Waals surface area contributed by atoms with E-state index in [2.05, 4.69) is 15.4 Å². The van der Waals surface area contributed by atoms with E-state index in [-0.39, 0.29) is 11.4 Å². The lowest BCUT2D eigenvalue weighted by atomic mass is 10.2. The van der Waals surface area contributed by atoms with Gasteiger partial charge in [0.2, 0.25) is 0 Å². The molecule has 1 atom stereocenters. The van der Waals surface area contributed by atoms with Crippen molar-refractivity contribution in [3.63, 3.8) is 0 Å². The Labute approximate surface area is 111 Å². The molecule has 7 heteroatoms. The van der Waals surface area contributed by atoms with Crippen molar-refractivity contribution in [1.82, 2.24) is 0 Å². The fourth-order valence-corrected chi connectivity index (χ4v) is 1.66. The molecular formula is C12H17N3O4. The lowest BCUT2D eigenvalue weighted by Crippen LogP contribution is -2.27. The highest BCUT2D eigenvalue weighted by Crippen LogP contribution is 2.33. The molecule has 104 valence electrons. The molecular weight excluding hydrogens is 250 g/mol. The summed E-state index contributed by atoms with van der Waals surface area (Å²) in [7, 11) is 1.27. The summed E-state index contributed by atoms with van der Waals surface area (Å²) in [6, 6.07) is 4.19. The van der Waals surface area contributed by atoms with Crippen LogP contribution in [0.3, 0.4) is 0 Å². The first-order chi connectivity index (χ1) is 9.01. The fourth-order valence-electron chi connectivity index (χ4n) is 1.66. The summed E-state index contributed by atoms with van der Waals surface area (Å²) in [5.74, 6) is -0.483. The van der Waals surface area contributed by atoms with Crippen LogP contribution < -0.4 is 10.6 Å². The highest BCUT2D eigenvalue weighted by molar-refractivity contribution is 5.83. The average molecular weight is 267 g/mol. The monoisotopic (exact) mass is 267 g/mol. The Morgan fingerprint density at radius 1 is 1.47 bits per heavy atom. The Morgan fingerprint density at radius 2 is 2.11 bits per heavy atom. The number of carbonyl (C=O) groups excluding carboxylic acids is 1. The third-order valence-corrected chi connectivity index (χ3v) is 2.51. The van der Waals surface area contributed by atoms with Crippen LogP contribution in [0.1, 0.15) is 13.8 Å². The van der Waals surface area contributed by atoms with Crippen LogP contribution in [0.4, 0.5) is 17.1 Å². The molecule has 0 radical (unpaired) electrons. The minimum absolute atomic E-state index is 0.0832. The summed E-state index contributed by atoms with van der Waals surface area (Å²) in [5.41, 5.74) is 0.607. The molecule has 7 nitrogen and oxygen atoms in total. The van der Waals surface area contributed by atoms with Crippen molar-refractivity contribution in [3.8, 4) is 0 Å². The maximum Gasteiger partial charge on any atom is 0.327 e. The molecule has 2 N–H and O–H groups in total. The zero-order valence-electron chi connectivity index (χ0n) is 11.1. The second kappa shape index (κ2) is 6.58. The second-order valence-corrected chi connectivity index (χ2v) is 3.88. The summed E-state index contributed by atoms with van der Waals surface area (Å²) in [4.78, 5) is 22.0. The van der Waals surface area contributed by atoms with Crippen molar-refractivity contribution < 1.29 is 14.5 Å². The molecule has 0 aliphatic rings. The van der Waals surface area contributed by atoms with Crippen LogP contribution in [-0.4, -0.2) is 30.6 Å². The summed E-state index contributed by atoms with van der Waals surface area (Å²) >= 11 is 0. The fraction of sp³-hybridized carbons (Fsp3) is 0.417. The first-order valence-electron chi connectivity index (χ1n) is 5.86. The third kappa shape index (κ3) is 3.57. The van der Waals surface area contributed by atoms with Crippen molar-refractivity contribution in [2.24, 2.45) is 0 Å². The summed E-state index contributed by atoms with van der Waals surface area (Å²) in [5, 5.41) is 16.8. The number of nitrogens with zero attached hydrogens (tertiary/aromatic N) is 1. The number of nitro groups is 1. The van der Waals surface area contributed by atoms with Crippen LogP contribution in [0.15, 0.2) is 18.2 Å². The molecule has 0 spiro atoms. The van der Waals surface area contributed by atoms with Gasteiger partial charge in [-0.05, 0) is 26.0 Å². The van der Waals surface area contributed by atoms with Gasteiger partial charge in [0.05, 0.1) is 12.0 Å². The van der Waals surface area contributed by atoms with Crippen LogP contribution in [-0.2, 0) is 9.53 Å². The Hall–Kier alpha value is -2.31. The van der Waals surface area contributed by atoms with Crippen LogP contribution in [0.5, 0.6) is 0 Å². The number of rotatable bonds is 6. The van der Waals surface area contributed by atoms with E-state index in [9.17, 15) is 14.9 Å². The molecule has 19 heavy (non-hydrogen) atoms. The van der Waals surface area contributed by atoms with E-state index in [1.54, 1.807) is 25.1 Å². The van der Waals surface area contributed by atoms with E-state index in [0.29, 0.717) is 12.2 Å². The zero-order chi connectivity index (χ0) is 14.4. The third-order valence-electron chi connectivity index (χ3n) is 2.51. The zero-order valence-corrected chi connectivity index (χ0v) is 11.1. The molecule has 0 fully saturated rings. The number of nitro benzene ring substituents is 1. The van der Waals surface area contributed by atoms with E-state index in [1.807, 2.05) is 6.92 Å². The molecule has 0 heterocycles. The van der Waals surface area contributed by atoms with Gasteiger partial charge in [-0.2, -0.15) is 0 Å². The topological polar surface area (TPSA) is 93.5 Å². The lowest BCUT2D eigenvalue weighted by molar-refractivity contribution is -0.383. The van der Waals surface area contributed by atoms with Gasteiger partial charge in [-0.1, -0.05) is 6.07 Å². The van der Waals surface area contributed by atoms with Gasteiger partial charge in [-0.15, -0.1) is 0 Å². The predicted molar refractivity (Wildman–Crippen MR) is 72.4 cm³/mol. The van der Waals surface area contributed by atoms with E-state index in [1.165, 1.54) is 7.11 Å². The number of benzene rings is 1. The molecule has 0 amide bonds. The maximum atomic E-state index is 11.3. The van der Waals surface area contributed by atoms with Gasteiger partial charge in [-0.3, -0.25) is 10.1 Å². The highest BCUT2D eigenvalue weighted by Gasteiger charge is 2.22. The lowest BCUT2D eigenvalue weighted by Gasteiger charge is -2.14. The van der Waals surface area contributed by atoms with Gasteiger partial charge in [0, 0.05) is 6.54 Å². The minimum Gasteiger partial charge on any atom is -0.467 e. The molecule has 1 aromatic rings. The molecule has 0 bridgehead atoms. The molecule has 1 rings (SSSR count). The Balaban J connectivity index is 3.09. The van der Waals surface area contributed by atoms with Crippen molar-refractivity contribution in [2.75, 3.05) is 24.3 Å². The van der Waals surface area contributed by atoms with E-state index in [4.69, 9.17) is 0 Å². The number of carbonyl (C=O) groups is 1. The summed E-state index contributed by atoms with van der Waals surface area (Å²) in [6.45, 7) is 3.99. The second-order valence-electron chi connectivity index (χ2n) is 3.88. The van der Waals surface area contributed by atoms with Gasteiger partial charge in [0.25, 0.3) is 0 Å². The number of ether oxygens (including phenoxy) is 1. The molecule has 0 aromatic heterocycles. The SMILES string of the molecule is CCNc1cccc(NC(C)C(=O)OC)c1[N+](=O)[O-]. The first kappa shape index (κ1) is 14.7. The normalized spacial score (nSPS) is 11.5. The Bertz CT molecular complexity index is 476. The Morgan fingerprint density at radius 3 is 2.63 bits per heavy atom. The number of methoxy groups -OCH3 is 1. The van der Waals surface area contributed by atoms with Crippen LogP contribution in [0.2, 0.25) is 0 Å². The van der Waals surface area contributed by atoms with Crippen LogP contribution >= 0.6 is 0 Å². The minimum atomic E-state index is -0.666. The largest absolute Gasteiger partial charge is 0.467 e. The van der Waals surface area contributed by atoms with Crippen molar-refractivity contribution in [3.05, 3.63) is 28.3 Å². The van der Waals surface area contributed by atoms with Crippen molar-refractivity contribution >= 4 is 23.0 Å². The van der Waals surface area contributed by atoms with E-state index in [0.717, 1.165) is 0 Å². The smallest absolute Gasteiger partial charge is 0.327 e. The first-order valence-corrected chi connectivity index (χ1v) is 5.86. The molecule has 0 saturated carbocycles. The Kier molecular flexibility index (Phi) is 5.11. The highest BCUT2D eigenvalue weighted by atomic mass is 16.6. The summed E-state index contributed by atoms with van der Waals surface area (Å²) < 4.78 is 4.58. The predicted octanol–water partition coefficient (Wildman–Crippen LogP) is 2.00. The van der Waals surface area contributed by atoms with Crippen LogP contribution in [0, 0.1) is 10.1 Å². The standard InChI is InChI=1S/C12H17N3O4/c1-4-13-9-6-5-7-10(11(9)15(17)18)14-8(2)12(16)19-3/h5-8,13-14H,4H2,1-3H3. The number of esters is 1. The van der Waals surface area contributed by atoms with Gasteiger partial charge in [0.15, 0.2) is 0 Å². The van der Waals surface area contributed by atoms with Gasteiger partial charge >= 0.3 is 11.7 Å². The molecule has 0 aliphatic heterocycles. The molecule has 1 aromatic carbocycles. The van der Waals surface area contributed by atoms with Gasteiger partial charge < -0.3 is 15.4 Å². The number of hydrogen-bond acceptors (Lipinski definition) is 6.